The molecule has 0 heterocycles. The van der Waals surface area contributed by atoms with Crippen molar-refractivity contribution in [1.82, 2.24) is 5.32 Å². The third kappa shape index (κ3) is 7.83. The van der Waals surface area contributed by atoms with Crippen molar-refractivity contribution in [2.75, 3.05) is 19.0 Å². The molecular formula is C23H28N2O4S. The maximum absolute atomic E-state index is 12.3. The lowest BCUT2D eigenvalue weighted by Gasteiger charge is -2.11. The van der Waals surface area contributed by atoms with Gasteiger partial charge >= 0.3 is 5.97 Å². The highest BCUT2D eigenvalue weighted by molar-refractivity contribution is 7.80. The molecule has 0 saturated carbocycles. The number of carbonyl (C=O) groups excluding carboxylic acids is 2. The number of ether oxygens (including phenoxy) is 2. The number of hydrogen-bond donors (Lipinski definition) is 2. The highest BCUT2D eigenvalue weighted by Gasteiger charge is 2.10. The minimum absolute atomic E-state index is 0.182. The number of anilines is 1. The van der Waals surface area contributed by atoms with Gasteiger partial charge in [-0.1, -0.05) is 32.6 Å². The summed E-state index contributed by atoms with van der Waals surface area (Å²) in [6.07, 6.45) is 6.00. The topological polar surface area (TPSA) is 76.7 Å². The number of unbranched alkanes of at least 4 members (excludes halogenated alkanes) is 4. The van der Waals surface area contributed by atoms with E-state index < -0.39 is 5.97 Å². The Kier molecular flexibility index (Phi) is 9.80. The van der Waals surface area contributed by atoms with Gasteiger partial charge in [0.15, 0.2) is 5.11 Å². The van der Waals surface area contributed by atoms with Crippen LogP contribution in [-0.2, 0) is 4.74 Å². The fourth-order valence-corrected chi connectivity index (χ4v) is 2.95. The van der Waals surface area contributed by atoms with Crippen molar-refractivity contribution in [1.29, 1.82) is 0 Å². The fraction of sp³-hybridized carbons (Fsp3) is 0.348. The lowest BCUT2D eigenvalue weighted by atomic mass is 10.1. The Bertz CT molecular complexity index is 835. The van der Waals surface area contributed by atoms with Gasteiger partial charge in [0.2, 0.25) is 0 Å². The first-order chi connectivity index (χ1) is 14.5. The number of carbonyl (C=O) groups is 2. The molecule has 2 rings (SSSR count). The number of nitrogens with one attached hydrogen (secondary N) is 2. The first kappa shape index (κ1) is 23.3. The summed E-state index contributed by atoms with van der Waals surface area (Å²) < 4.78 is 10.4. The number of methoxy groups -OCH3 is 1. The second-order valence-corrected chi connectivity index (χ2v) is 7.17. The van der Waals surface area contributed by atoms with Crippen molar-refractivity contribution in [2.24, 2.45) is 0 Å². The molecule has 0 radical (unpaired) electrons. The van der Waals surface area contributed by atoms with Gasteiger partial charge in [0.25, 0.3) is 5.91 Å². The Morgan fingerprint density at radius 3 is 2.17 bits per heavy atom. The van der Waals surface area contributed by atoms with Crippen LogP contribution in [0.25, 0.3) is 0 Å². The van der Waals surface area contributed by atoms with Gasteiger partial charge in [-0.3, -0.25) is 10.1 Å². The van der Waals surface area contributed by atoms with Gasteiger partial charge in [-0.05, 0) is 67.2 Å². The molecule has 1 amide bonds. The lowest BCUT2D eigenvalue weighted by molar-refractivity contribution is 0.0600. The van der Waals surface area contributed by atoms with E-state index in [2.05, 4.69) is 22.3 Å². The Hall–Kier alpha value is -2.93. The third-order valence-corrected chi connectivity index (χ3v) is 4.63. The molecular weight excluding hydrogens is 400 g/mol. The zero-order chi connectivity index (χ0) is 21.8. The van der Waals surface area contributed by atoms with Gasteiger partial charge in [-0.2, -0.15) is 0 Å². The molecule has 0 unspecified atom stereocenters. The number of esters is 1. The summed E-state index contributed by atoms with van der Waals surface area (Å²) in [6.45, 7) is 2.91. The quantitative estimate of drug-likeness (QED) is 0.317. The molecule has 0 atom stereocenters. The molecule has 160 valence electrons. The van der Waals surface area contributed by atoms with Crippen LogP contribution in [-0.4, -0.2) is 30.7 Å². The summed E-state index contributed by atoms with van der Waals surface area (Å²) in [6, 6.07) is 13.6. The van der Waals surface area contributed by atoms with Crippen LogP contribution in [0.5, 0.6) is 5.75 Å². The van der Waals surface area contributed by atoms with Crippen molar-refractivity contribution in [2.45, 2.75) is 39.0 Å². The van der Waals surface area contributed by atoms with Crippen molar-refractivity contribution < 1.29 is 19.1 Å². The van der Waals surface area contributed by atoms with Gasteiger partial charge in [0.05, 0.1) is 19.3 Å². The van der Waals surface area contributed by atoms with Crippen molar-refractivity contribution in [3.63, 3.8) is 0 Å². The zero-order valence-corrected chi connectivity index (χ0v) is 18.2. The fourth-order valence-electron chi connectivity index (χ4n) is 2.74. The smallest absolute Gasteiger partial charge is 0.337 e. The van der Waals surface area contributed by atoms with Crippen molar-refractivity contribution >= 4 is 34.9 Å². The zero-order valence-electron chi connectivity index (χ0n) is 17.4. The molecule has 0 aromatic heterocycles. The second-order valence-electron chi connectivity index (χ2n) is 6.76. The van der Waals surface area contributed by atoms with Gasteiger partial charge in [-0.25, -0.2) is 4.79 Å². The van der Waals surface area contributed by atoms with Gasteiger partial charge in [0, 0.05) is 11.3 Å². The predicted molar refractivity (Wildman–Crippen MR) is 122 cm³/mol. The molecule has 0 aliphatic heterocycles. The molecule has 0 aliphatic carbocycles. The molecule has 0 fully saturated rings. The summed E-state index contributed by atoms with van der Waals surface area (Å²) in [5.41, 5.74) is 1.50. The van der Waals surface area contributed by atoms with Crippen LogP contribution < -0.4 is 15.4 Å². The maximum Gasteiger partial charge on any atom is 0.337 e. The molecule has 2 aromatic rings. The number of thiocarbonyl (C=S) groups is 1. The standard InChI is InChI=1S/C23H28N2O4S/c1-3-4-5-6-7-16-29-20-14-12-19(13-15-20)24-23(30)25-21(26)17-8-10-18(11-9-17)22(27)28-2/h8-15H,3-7,16H2,1-2H3,(H2,24,25,26,30). The highest BCUT2D eigenvalue weighted by Crippen LogP contribution is 2.16. The summed E-state index contributed by atoms with van der Waals surface area (Å²) in [5.74, 6) is -0.0216. The number of rotatable bonds is 10. The van der Waals surface area contributed by atoms with E-state index >= 15 is 0 Å². The molecule has 7 heteroatoms. The summed E-state index contributed by atoms with van der Waals surface area (Å²) in [5, 5.41) is 5.77. The Balaban J connectivity index is 1.77. The number of benzene rings is 2. The van der Waals surface area contributed by atoms with E-state index in [1.807, 2.05) is 24.3 Å². The Morgan fingerprint density at radius 2 is 1.53 bits per heavy atom. The van der Waals surface area contributed by atoms with E-state index in [-0.39, 0.29) is 11.0 Å². The highest BCUT2D eigenvalue weighted by atomic mass is 32.1. The van der Waals surface area contributed by atoms with E-state index in [9.17, 15) is 9.59 Å². The van der Waals surface area contributed by atoms with Gasteiger partial charge in [0.1, 0.15) is 5.75 Å². The van der Waals surface area contributed by atoms with Gasteiger partial charge < -0.3 is 14.8 Å². The van der Waals surface area contributed by atoms with E-state index in [0.29, 0.717) is 17.7 Å². The van der Waals surface area contributed by atoms with Crippen molar-refractivity contribution in [3.05, 3.63) is 59.7 Å². The Labute approximate surface area is 183 Å². The van der Waals surface area contributed by atoms with Crippen LogP contribution in [0.15, 0.2) is 48.5 Å². The second kappa shape index (κ2) is 12.6. The van der Waals surface area contributed by atoms with Crippen LogP contribution >= 0.6 is 12.2 Å². The SMILES string of the molecule is CCCCCCCOc1ccc(NC(=S)NC(=O)c2ccc(C(=O)OC)cc2)cc1. The lowest BCUT2D eigenvalue weighted by Crippen LogP contribution is -2.34. The van der Waals surface area contributed by atoms with Crippen LogP contribution in [0.4, 0.5) is 5.69 Å². The molecule has 0 bridgehead atoms. The van der Waals surface area contributed by atoms with E-state index in [1.165, 1.54) is 44.9 Å². The number of hydrogen-bond acceptors (Lipinski definition) is 5. The minimum atomic E-state index is -0.455. The maximum atomic E-state index is 12.3. The molecule has 2 aromatic carbocycles. The first-order valence-electron chi connectivity index (χ1n) is 10.1. The van der Waals surface area contributed by atoms with Crippen LogP contribution in [0.2, 0.25) is 0 Å². The molecule has 0 spiro atoms. The monoisotopic (exact) mass is 428 g/mol. The van der Waals surface area contributed by atoms with Crippen LogP contribution in [0.3, 0.4) is 0 Å². The molecule has 2 N–H and O–H groups in total. The van der Waals surface area contributed by atoms with E-state index in [0.717, 1.165) is 17.9 Å². The van der Waals surface area contributed by atoms with E-state index in [1.54, 1.807) is 12.1 Å². The molecule has 0 saturated heterocycles. The number of amides is 1. The largest absolute Gasteiger partial charge is 0.494 e. The molecule has 30 heavy (non-hydrogen) atoms. The molecule has 6 nitrogen and oxygen atoms in total. The third-order valence-electron chi connectivity index (χ3n) is 4.42. The first-order valence-corrected chi connectivity index (χ1v) is 10.5. The van der Waals surface area contributed by atoms with Crippen LogP contribution in [0, 0.1) is 0 Å². The minimum Gasteiger partial charge on any atom is -0.494 e. The summed E-state index contributed by atoms with van der Waals surface area (Å²) in [4.78, 5) is 23.7. The average molecular weight is 429 g/mol. The average Bonchev–Trinajstić information content (AvgIpc) is 2.76. The van der Waals surface area contributed by atoms with Crippen molar-refractivity contribution in [3.8, 4) is 5.75 Å². The summed E-state index contributed by atoms with van der Waals surface area (Å²) >= 11 is 5.20. The normalized spacial score (nSPS) is 10.2. The predicted octanol–water partition coefficient (Wildman–Crippen LogP) is 4.95. The van der Waals surface area contributed by atoms with Crippen LogP contribution in [0.1, 0.15) is 59.7 Å². The summed E-state index contributed by atoms with van der Waals surface area (Å²) in [7, 11) is 1.31. The molecule has 0 aliphatic rings. The van der Waals surface area contributed by atoms with E-state index in [4.69, 9.17) is 17.0 Å². The van der Waals surface area contributed by atoms with Gasteiger partial charge in [-0.15, -0.1) is 0 Å². The Morgan fingerprint density at radius 1 is 0.900 bits per heavy atom.